The van der Waals surface area contributed by atoms with Crippen molar-refractivity contribution in [3.05, 3.63) is 6.42 Å². The van der Waals surface area contributed by atoms with Crippen molar-refractivity contribution < 1.29 is 33.1 Å². The molecule has 0 spiro atoms. The number of aliphatic hydroxyl groups is 1. The fraction of sp³-hybridized carbons (Fsp3) is 0.909. The number of aldehydes is 1. The molecule has 0 aromatic carbocycles. The first-order chi connectivity index (χ1) is 13.8. The van der Waals surface area contributed by atoms with Crippen LogP contribution < -0.4 is 0 Å². The van der Waals surface area contributed by atoms with Crippen LogP contribution in [0.25, 0.3) is 0 Å². The van der Waals surface area contributed by atoms with Crippen LogP contribution in [0, 0.1) is 36.0 Å². The summed E-state index contributed by atoms with van der Waals surface area (Å²) in [5.74, 6) is 0.815. The molecular weight excluding hydrogens is 407 g/mol. The first-order valence-corrected chi connectivity index (χ1v) is 12.5. The minimum atomic E-state index is -4.62. The Balaban J connectivity index is 5.90. The van der Waals surface area contributed by atoms with Crippen molar-refractivity contribution in [2.45, 2.75) is 86.0 Å². The number of hydrogen-bond donors (Lipinski definition) is 2. The minimum Gasteiger partial charge on any atom is -0.388 e. The molecule has 30 heavy (non-hydrogen) atoms. The second kappa shape index (κ2) is 13.3. The largest absolute Gasteiger partial charge is 0.473 e. The van der Waals surface area contributed by atoms with Crippen LogP contribution in [0.5, 0.6) is 0 Å². The first-order valence-electron chi connectivity index (χ1n) is 11.0. The molecule has 0 rings (SSSR count). The normalized spacial score (nSPS) is 23.3. The summed E-state index contributed by atoms with van der Waals surface area (Å²) in [6.07, 6.45) is 0.693. The Morgan fingerprint density at radius 1 is 1.03 bits per heavy atom. The van der Waals surface area contributed by atoms with E-state index in [4.69, 9.17) is 13.8 Å². The molecule has 2 N–H and O–H groups in total. The van der Waals surface area contributed by atoms with Gasteiger partial charge in [-0.05, 0) is 36.5 Å². The van der Waals surface area contributed by atoms with Gasteiger partial charge in [-0.3, -0.25) is 9.05 Å². The molecule has 0 aliphatic carbocycles. The van der Waals surface area contributed by atoms with E-state index in [1.165, 1.54) is 7.11 Å². The van der Waals surface area contributed by atoms with E-state index in [2.05, 4.69) is 34.6 Å². The molecule has 8 heteroatoms. The van der Waals surface area contributed by atoms with Crippen molar-refractivity contribution in [2.24, 2.45) is 29.6 Å². The van der Waals surface area contributed by atoms with Crippen LogP contribution in [0.2, 0.25) is 0 Å². The van der Waals surface area contributed by atoms with Gasteiger partial charge in [0.25, 0.3) is 0 Å². The van der Waals surface area contributed by atoms with E-state index in [0.717, 1.165) is 19.3 Å². The number of methoxy groups -OCH3 is 1. The monoisotopic (exact) mass is 451 g/mol. The molecule has 9 unspecified atom stereocenters. The second-order valence-corrected chi connectivity index (χ2v) is 10.2. The molecule has 0 saturated heterocycles. The Kier molecular flexibility index (Phi) is 13.2. The third-order valence-corrected chi connectivity index (χ3v) is 8.32. The molecule has 0 heterocycles. The standard InChI is InChI=1S/C22H44O7P/c1-10-15(3)17(5)19(7)22(8,18(6)16(4)11-2)29-30(25,26)28-21(12-13-23)20(24)14-27-9/h12-13,15-21,24H,10-11,14H2,1-9H3,(H,25,26). The lowest BCUT2D eigenvalue weighted by atomic mass is 9.67. The van der Waals surface area contributed by atoms with Gasteiger partial charge in [-0.25, -0.2) is 4.57 Å². The van der Waals surface area contributed by atoms with Gasteiger partial charge in [-0.2, -0.15) is 0 Å². The maximum atomic E-state index is 13.0. The van der Waals surface area contributed by atoms with Gasteiger partial charge < -0.3 is 19.5 Å². The summed E-state index contributed by atoms with van der Waals surface area (Å²) in [6.45, 7) is 16.4. The van der Waals surface area contributed by atoms with Crippen molar-refractivity contribution >= 4 is 14.1 Å². The molecule has 9 atom stereocenters. The van der Waals surface area contributed by atoms with Gasteiger partial charge in [0.1, 0.15) is 18.5 Å². The second-order valence-electron chi connectivity index (χ2n) is 8.87. The van der Waals surface area contributed by atoms with Crippen molar-refractivity contribution in [2.75, 3.05) is 13.7 Å². The zero-order valence-corrected chi connectivity index (χ0v) is 21.1. The molecule has 1 radical (unpaired) electrons. The molecule has 0 saturated carbocycles. The SMILES string of the molecule is CCC(C)C(C)C(C)C(C)(OP(=O)(O)OC([CH]C=O)C(O)COC)C(C)C(C)CC. The maximum Gasteiger partial charge on any atom is 0.473 e. The van der Waals surface area contributed by atoms with E-state index < -0.39 is 25.6 Å². The van der Waals surface area contributed by atoms with E-state index in [0.29, 0.717) is 12.2 Å². The van der Waals surface area contributed by atoms with Gasteiger partial charge in [0.2, 0.25) is 0 Å². The van der Waals surface area contributed by atoms with Crippen LogP contribution in [0.3, 0.4) is 0 Å². The Morgan fingerprint density at radius 2 is 1.57 bits per heavy atom. The summed E-state index contributed by atoms with van der Waals surface area (Å²) in [4.78, 5) is 21.6. The van der Waals surface area contributed by atoms with E-state index >= 15 is 0 Å². The summed E-state index contributed by atoms with van der Waals surface area (Å²) in [7, 11) is -3.25. The molecule has 0 aromatic heterocycles. The zero-order valence-electron chi connectivity index (χ0n) is 20.2. The van der Waals surface area contributed by atoms with Gasteiger partial charge in [0, 0.05) is 7.11 Å². The van der Waals surface area contributed by atoms with E-state index in [1.807, 2.05) is 20.8 Å². The van der Waals surface area contributed by atoms with Crippen molar-refractivity contribution in [1.29, 1.82) is 0 Å². The zero-order chi connectivity index (χ0) is 23.7. The molecule has 0 aliphatic rings. The minimum absolute atomic E-state index is 0.0366. The van der Waals surface area contributed by atoms with Gasteiger partial charge in [0.05, 0.1) is 18.6 Å². The predicted octanol–water partition coefficient (Wildman–Crippen LogP) is 4.66. The summed E-state index contributed by atoms with van der Waals surface area (Å²) >= 11 is 0. The molecule has 0 amide bonds. The van der Waals surface area contributed by atoms with E-state index in [1.54, 1.807) is 0 Å². The van der Waals surface area contributed by atoms with Crippen LogP contribution in [-0.4, -0.2) is 47.8 Å². The number of carbonyl (C=O) groups is 1. The summed E-state index contributed by atoms with van der Waals surface area (Å²) in [6, 6.07) is 0. The van der Waals surface area contributed by atoms with Crippen molar-refractivity contribution in [1.82, 2.24) is 0 Å². The Morgan fingerprint density at radius 3 is 2.00 bits per heavy atom. The van der Waals surface area contributed by atoms with Crippen molar-refractivity contribution in [3.8, 4) is 0 Å². The van der Waals surface area contributed by atoms with Crippen LogP contribution in [0.4, 0.5) is 0 Å². The third-order valence-electron chi connectivity index (χ3n) is 7.19. The average molecular weight is 452 g/mol. The summed E-state index contributed by atoms with van der Waals surface area (Å²) in [5.41, 5.74) is -0.958. The summed E-state index contributed by atoms with van der Waals surface area (Å²) < 4.78 is 29.0. The number of aliphatic hydroxyl groups excluding tert-OH is 1. The molecule has 7 nitrogen and oxygen atoms in total. The quantitative estimate of drug-likeness (QED) is 0.260. The number of carbonyl (C=O) groups excluding carboxylic acids is 1. The maximum absolute atomic E-state index is 13.0. The van der Waals surface area contributed by atoms with Gasteiger partial charge >= 0.3 is 7.82 Å². The lowest BCUT2D eigenvalue weighted by Crippen LogP contribution is -2.48. The topological polar surface area (TPSA) is 102 Å². The molecule has 0 fully saturated rings. The molecule has 0 aliphatic heterocycles. The average Bonchev–Trinajstić information content (AvgIpc) is 2.69. The van der Waals surface area contributed by atoms with E-state index in [9.17, 15) is 19.4 Å². The number of ether oxygens (including phenoxy) is 1. The Labute approximate surface area is 183 Å². The lowest BCUT2D eigenvalue weighted by molar-refractivity contribution is -0.108. The molecule has 0 aromatic rings. The van der Waals surface area contributed by atoms with Crippen LogP contribution in [0.15, 0.2) is 0 Å². The van der Waals surface area contributed by atoms with Gasteiger partial charge in [-0.15, -0.1) is 0 Å². The molecular formula is C22H44O7P. The highest BCUT2D eigenvalue weighted by molar-refractivity contribution is 7.47. The third kappa shape index (κ3) is 8.33. The molecule has 0 bridgehead atoms. The highest BCUT2D eigenvalue weighted by atomic mass is 31.2. The highest BCUT2D eigenvalue weighted by Crippen LogP contribution is 2.55. The van der Waals surface area contributed by atoms with Crippen LogP contribution in [-0.2, 0) is 23.1 Å². The van der Waals surface area contributed by atoms with E-state index in [-0.39, 0.29) is 30.3 Å². The lowest BCUT2D eigenvalue weighted by Gasteiger charge is -2.46. The Bertz CT molecular complexity index is 544. The number of phosphoric ester groups is 1. The fourth-order valence-electron chi connectivity index (χ4n) is 3.89. The van der Waals surface area contributed by atoms with Gasteiger partial charge in [-0.1, -0.05) is 61.3 Å². The predicted molar refractivity (Wildman–Crippen MR) is 119 cm³/mol. The summed E-state index contributed by atoms with van der Waals surface area (Å²) in [5, 5.41) is 10.1. The number of rotatable bonds is 16. The number of phosphoric acid groups is 1. The fourth-order valence-corrected chi connectivity index (χ4v) is 5.28. The highest BCUT2D eigenvalue weighted by Gasteiger charge is 2.48. The van der Waals surface area contributed by atoms with Crippen LogP contribution in [0.1, 0.15) is 68.2 Å². The molecule has 179 valence electrons. The first kappa shape index (κ1) is 29.7. The Hall–Kier alpha value is -0.300. The van der Waals surface area contributed by atoms with Crippen LogP contribution >= 0.6 is 7.82 Å². The smallest absolute Gasteiger partial charge is 0.388 e. The van der Waals surface area contributed by atoms with Crippen molar-refractivity contribution in [3.63, 3.8) is 0 Å². The van der Waals surface area contributed by atoms with Gasteiger partial charge in [0.15, 0.2) is 0 Å². The number of hydrogen-bond acceptors (Lipinski definition) is 6.